The summed E-state index contributed by atoms with van der Waals surface area (Å²) in [7, 11) is 0. The Morgan fingerprint density at radius 3 is 1.90 bits per heavy atom. The molecule has 3 nitrogen and oxygen atoms in total. The van der Waals surface area contributed by atoms with Crippen molar-refractivity contribution in [3.05, 3.63) is 61.1 Å². The van der Waals surface area contributed by atoms with Crippen LogP contribution in [0.1, 0.15) is 22.3 Å². The van der Waals surface area contributed by atoms with Gasteiger partial charge in [-0.2, -0.15) is 0 Å². The zero-order valence-electron chi connectivity index (χ0n) is 12.0. The molecule has 0 N–H and O–H groups in total. The van der Waals surface area contributed by atoms with E-state index in [1.54, 1.807) is 0 Å². The summed E-state index contributed by atoms with van der Waals surface area (Å²) < 4.78 is 0.960. The average molecular weight is 334 g/mol. The van der Waals surface area contributed by atoms with Crippen LogP contribution in [0, 0.1) is 37.8 Å². The van der Waals surface area contributed by atoms with Gasteiger partial charge in [0.2, 0.25) is 0 Å². The fraction of sp³-hybridized carbons (Fsp3) is 0.250. The fourth-order valence-electron chi connectivity index (χ4n) is 2.49. The second-order valence-electron chi connectivity index (χ2n) is 4.99. The van der Waals surface area contributed by atoms with E-state index in [1.807, 2.05) is 52.0 Å². The van der Waals surface area contributed by atoms with Crippen LogP contribution in [0.15, 0.2) is 28.7 Å². The molecule has 2 aromatic carbocycles. The molecule has 0 heterocycles. The summed E-state index contributed by atoms with van der Waals surface area (Å²) in [4.78, 5) is 11.2. The Morgan fingerprint density at radius 1 is 0.900 bits per heavy atom. The maximum atomic E-state index is 11.5. The third-order valence-corrected chi connectivity index (χ3v) is 4.50. The molecule has 2 aromatic rings. The van der Waals surface area contributed by atoms with Crippen LogP contribution in [0.5, 0.6) is 0 Å². The van der Waals surface area contributed by atoms with Crippen LogP contribution in [0.2, 0.25) is 0 Å². The second kappa shape index (κ2) is 5.37. The van der Waals surface area contributed by atoms with Crippen molar-refractivity contribution >= 4 is 21.6 Å². The highest BCUT2D eigenvalue weighted by Gasteiger charge is 2.24. The van der Waals surface area contributed by atoms with Crippen molar-refractivity contribution in [2.24, 2.45) is 0 Å². The van der Waals surface area contributed by atoms with Gasteiger partial charge in [-0.15, -0.1) is 0 Å². The normalized spacial score (nSPS) is 10.7. The Balaban J connectivity index is 2.87. The van der Waals surface area contributed by atoms with Gasteiger partial charge in [-0.1, -0.05) is 28.1 Å². The molecule has 2 rings (SSSR count). The molecule has 0 radical (unpaired) electrons. The van der Waals surface area contributed by atoms with Crippen molar-refractivity contribution in [1.82, 2.24) is 0 Å². The minimum Gasteiger partial charge on any atom is -0.258 e. The lowest BCUT2D eigenvalue weighted by molar-refractivity contribution is -0.384. The monoisotopic (exact) mass is 333 g/mol. The lowest BCUT2D eigenvalue weighted by atomic mass is 9.89. The summed E-state index contributed by atoms with van der Waals surface area (Å²) >= 11 is 3.39. The number of hydrogen-bond donors (Lipinski definition) is 0. The van der Waals surface area contributed by atoms with Crippen LogP contribution in [0.4, 0.5) is 5.69 Å². The van der Waals surface area contributed by atoms with Crippen LogP contribution >= 0.6 is 15.9 Å². The Kier molecular flexibility index (Phi) is 3.95. The van der Waals surface area contributed by atoms with Gasteiger partial charge >= 0.3 is 0 Å². The maximum absolute atomic E-state index is 11.5. The molecule has 104 valence electrons. The summed E-state index contributed by atoms with van der Waals surface area (Å²) in [6, 6.07) is 7.63. The molecule has 0 fully saturated rings. The van der Waals surface area contributed by atoms with Crippen molar-refractivity contribution in [3.8, 4) is 11.1 Å². The topological polar surface area (TPSA) is 43.1 Å². The number of rotatable bonds is 2. The SMILES string of the molecule is Cc1c(C)c(C)c([N+](=O)[O-])c(-c2ccc(Br)cc2)c1C. The minimum absolute atomic E-state index is 0.216. The van der Waals surface area contributed by atoms with E-state index in [9.17, 15) is 10.1 Å². The number of benzene rings is 2. The minimum atomic E-state index is -0.272. The Labute approximate surface area is 126 Å². The standard InChI is InChI=1S/C16H16BrNO2/c1-9-10(2)12(4)16(18(19)20)15(11(9)3)13-5-7-14(17)8-6-13/h5-8H,1-4H3. The number of nitrogens with zero attached hydrogens (tertiary/aromatic N) is 1. The lowest BCUT2D eigenvalue weighted by Gasteiger charge is -2.15. The summed E-state index contributed by atoms with van der Waals surface area (Å²) in [5.41, 5.74) is 5.65. The molecule has 0 saturated heterocycles. The van der Waals surface area contributed by atoms with Gasteiger partial charge in [0.05, 0.1) is 10.5 Å². The molecule has 0 atom stereocenters. The van der Waals surface area contributed by atoms with Crippen molar-refractivity contribution in [1.29, 1.82) is 0 Å². The van der Waals surface area contributed by atoms with Crippen LogP contribution in [-0.4, -0.2) is 4.92 Å². The molecule has 0 aliphatic heterocycles. The molecular formula is C16H16BrNO2. The first-order chi connectivity index (χ1) is 9.34. The van der Waals surface area contributed by atoms with Crippen LogP contribution in [0.25, 0.3) is 11.1 Å². The molecule has 0 aliphatic rings. The van der Waals surface area contributed by atoms with Crippen LogP contribution < -0.4 is 0 Å². The Hall–Kier alpha value is -1.68. The zero-order chi connectivity index (χ0) is 15.0. The van der Waals surface area contributed by atoms with Crippen molar-refractivity contribution in [2.75, 3.05) is 0 Å². The van der Waals surface area contributed by atoms with Crippen molar-refractivity contribution in [3.63, 3.8) is 0 Å². The van der Waals surface area contributed by atoms with Gasteiger partial charge in [-0.25, -0.2) is 0 Å². The molecule has 0 aliphatic carbocycles. The predicted molar refractivity (Wildman–Crippen MR) is 85.2 cm³/mol. The van der Waals surface area contributed by atoms with Crippen LogP contribution in [0.3, 0.4) is 0 Å². The maximum Gasteiger partial charge on any atom is 0.280 e. The quantitative estimate of drug-likeness (QED) is 0.555. The number of hydrogen-bond acceptors (Lipinski definition) is 2. The van der Waals surface area contributed by atoms with Gasteiger partial charge in [0.25, 0.3) is 5.69 Å². The van der Waals surface area contributed by atoms with E-state index in [-0.39, 0.29) is 10.6 Å². The van der Waals surface area contributed by atoms with E-state index in [1.165, 1.54) is 0 Å². The first-order valence-electron chi connectivity index (χ1n) is 6.35. The van der Waals surface area contributed by atoms with E-state index in [2.05, 4.69) is 15.9 Å². The molecular weight excluding hydrogens is 318 g/mol. The predicted octanol–water partition coefficient (Wildman–Crippen LogP) is 5.26. The van der Waals surface area contributed by atoms with Gasteiger partial charge in [0.15, 0.2) is 0 Å². The summed E-state index contributed by atoms with van der Waals surface area (Å²) in [5, 5.41) is 11.5. The molecule has 0 unspecified atom stereocenters. The zero-order valence-corrected chi connectivity index (χ0v) is 13.5. The van der Waals surface area contributed by atoms with E-state index in [4.69, 9.17) is 0 Å². The smallest absolute Gasteiger partial charge is 0.258 e. The molecule has 0 amide bonds. The Morgan fingerprint density at radius 2 is 1.40 bits per heavy atom. The van der Waals surface area contributed by atoms with E-state index in [0.29, 0.717) is 0 Å². The number of nitro groups is 1. The first-order valence-corrected chi connectivity index (χ1v) is 7.14. The van der Waals surface area contributed by atoms with Gasteiger partial charge in [0, 0.05) is 10.0 Å². The molecule has 0 aromatic heterocycles. The van der Waals surface area contributed by atoms with Crippen LogP contribution in [-0.2, 0) is 0 Å². The lowest BCUT2D eigenvalue weighted by Crippen LogP contribution is -2.02. The molecule has 0 spiro atoms. The number of nitro benzene ring substituents is 1. The number of halogens is 1. The van der Waals surface area contributed by atoms with Gasteiger partial charge in [0.1, 0.15) is 0 Å². The molecule has 0 saturated carbocycles. The molecule has 4 heteroatoms. The average Bonchev–Trinajstić information content (AvgIpc) is 2.41. The third-order valence-electron chi connectivity index (χ3n) is 3.97. The highest BCUT2D eigenvalue weighted by atomic mass is 79.9. The molecule has 20 heavy (non-hydrogen) atoms. The van der Waals surface area contributed by atoms with Crippen molar-refractivity contribution < 1.29 is 4.92 Å². The van der Waals surface area contributed by atoms with Gasteiger partial charge < -0.3 is 0 Å². The summed E-state index contributed by atoms with van der Waals surface area (Å²) in [6.45, 7) is 7.73. The summed E-state index contributed by atoms with van der Waals surface area (Å²) in [5.74, 6) is 0. The largest absolute Gasteiger partial charge is 0.280 e. The van der Waals surface area contributed by atoms with Gasteiger partial charge in [-0.05, 0) is 62.1 Å². The highest BCUT2D eigenvalue weighted by molar-refractivity contribution is 9.10. The van der Waals surface area contributed by atoms with E-state index >= 15 is 0 Å². The van der Waals surface area contributed by atoms with Gasteiger partial charge in [-0.3, -0.25) is 10.1 Å². The van der Waals surface area contributed by atoms with E-state index in [0.717, 1.165) is 37.9 Å². The van der Waals surface area contributed by atoms with Crippen molar-refractivity contribution in [2.45, 2.75) is 27.7 Å². The Bertz CT molecular complexity index is 691. The fourth-order valence-corrected chi connectivity index (χ4v) is 2.76. The third kappa shape index (κ3) is 2.36. The second-order valence-corrected chi connectivity index (χ2v) is 5.90. The van der Waals surface area contributed by atoms with E-state index < -0.39 is 0 Å². The highest BCUT2D eigenvalue weighted by Crippen LogP contribution is 2.39. The molecule has 0 bridgehead atoms. The first kappa shape index (κ1) is 14.7. The summed E-state index contributed by atoms with van der Waals surface area (Å²) in [6.07, 6.45) is 0.